The Bertz CT molecular complexity index is 939. The van der Waals surface area contributed by atoms with Gasteiger partial charge in [-0.25, -0.2) is 8.42 Å². The first-order valence-electron chi connectivity index (χ1n) is 7.75. The lowest BCUT2D eigenvalue weighted by molar-refractivity contribution is -0.384. The topological polar surface area (TPSA) is 118 Å². The predicted octanol–water partition coefficient (Wildman–Crippen LogP) is 2.52. The van der Waals surface area contributed by atoms with E-state index < -0.39 is 26.9 Å². The molecule has 1 unspecified atom stereocenters. The highest BCUT2D eigenvalue weighted by Gasteiger charge is 2.23. The molecule has 2 aromatic carbocycles. The van der Waals surface area contributed by atoms with E-state index >= 15 is 0 Å². The van der Waals surface area contributed by atoms with Gasteiger partial charge in [-0.2, -0.15) is 4.72 Å². The van der Waals surface area contributed by atoms with Gasteiger partial charge in [-0.3, -0.25) is 14.9 Å². The molecule has 0 radical (unpaired) electrons. The Labute approximate surface area is 151 Å². The van der Waals surface area contributed by atoms with E-state index in [2.05, 4.69) is 10.0 Å². The zero-order chi connectivity index (χ0) is 19.5. The molecule has 2 aromatic rings. The number of non-ortho nitro benzene ring substituents is 1. The summed E-state index contributed by atoms with van der Waals surface area (Å²) >= 11 is 0. The van der Waals surface area contributed by atoms with Crippen LogP contribution in [0, 0.1) is 24.0 Å². The van der Waals surface area contributed by atoms with Gasteiger partial charge in [0.1, 0.15) is 0 Å². The smallest absolute Gasteiger partial charge is 0.271 e. The van der Waals surface area contributed by atoms with Gasteiger partial charge >= 0.3 is 0 Å². The Balaban J connectivity index is 2.14. The summed E-state index contributed by atoms with van der Waals surface area (Å²) in [4.78, 5) is 22.6. The minimum Gasteiger partial charge on any atom is -0.324 e. The lowest BCUT2D eigenvalue weighted by atomic mass is 10.1. The largest absolute Gasteiger partial charge is 0.324 e. The van der Waals surface area contributed by atoms with Crippen molar-refractivity contribution >= 4 is 27.3 Å². The van der Waals surface area contributed by atoms with Crippen molar-refractivity contribution in [2.24, 2.45) is 0 Å². The van der Waals surface area contributed by atoms with Crippen molar-refractivity contribution in [2.75, 3.05) is 5.32 Å². The summed E-state index contributed by atoms with van der Waals surface area (Å²) < 4.78 is 27.0. The van der Waals surface area contributed by atoms with Crippen LogP contribution < -0.4 is 10.0 Å². The summed E-state index contributed by atoms with van der Waals surface area (Å²) in [6.45, 7) is 4.91. The van der Waals surface area contributed by atoms with Gasteiger partial charge in [0.25, 0.3) is 5.69 Å². The Hall–Kier alpha value is -2.78. The van der Waals surface area contributed by atoms with Crippen molar-refractivity contribution in [3.8, 4) is 0 Å². The number of aryl methyl sites for hydroxylation is 2. The number of rotatable bonds is 6. The third-order valence-electron chi connectivity index (χ3n) is 3.75. The van der Waals surface area contributed by atoms with E-state index in [1.807, 2.05) is 6.92 Å². The van der Waals surface area contributed by atoms with Gasteiger partial charge in [-0.1, -0.05) is 23.8 Å². The molecule has 1 atom stereocenters. The second-order valence-corrected chi connectivity index (χ2v) is 7.62. The van der Waals surface area contributed by atoms with Crippen LogP contribution >= 0.6 is 0 Å². The number of nitrogens with zero attached hydrogens (tertiary/aromatic N) is 1. The van der Waals surface area contributed by atoms with Crippen LogP contribution in [0.3, 0.4) is 0 Å². The lowest BCUT2D eigenvalue weighted by Gasteiger charge is -2.15. The Morgan fingerprint density at radius 2 is 1.73 bits per heavy atom. The first-order valence-corrected chi connectivity index (χ1v) is 9.23. The molecule has 138 valence electrons. The summed E-state index contributed by atoms with van der Waals surface area (Å²) in [5.74, 6) is -0.621. The SMILES string of the molecule is Cc1ccc(S(=O)(=O)NC(C)C(=O)Nc2cc([N+](=O)[O-])ccc2C)cc1. The molecular formula is C17H19N3O5S. The van der Waals surface area contributed by atoms with Crippen LogP contribution in [0.5, 0.6) is 0 Å². The van der Waals surface area contributed by atoms with Crippen LogP contribution in [0.1, 0.15) is 18.1 Å². The summed E-state index contributed by atoms with van der Waals surface area (Å²) in [6.07, 6.45) is 0. The van der Waals surface area contributed by atoms with E-state index in [0.29, 0.717) is 5.56 Å². The third-order valence-corrected chi connectivity index (χ3v) is 5.30. The highest BCUT2D eigenvalue weighted by atomic mass is 32.2. The monoisotopic (exact) mass is 377 g/mol. The molecule has 26 heavy (non-hydrogen) atoms. The summed E-state index contributed by atoms with van der Waals surface area (Å²) in [7, 11) is -3.86. The number of nitro benzene ring substituents is 1. The molecule has 2 N–H and O–H groups in total. The number of benzene rings is 2. The zero-order valence-electron chi connectivity index (χ0n) is 14.5. The number of nitro groups is 1. The first-order chi connectivity index (χ1) is 12.1. The summed E-state index contributed by atoms with van der Waals surface area (Å²) in [6, 6.07) is 9.22. The molecule has 0 saturated heterocycles. The van der Waals surface area contributed by atoms with Gasteiger partial charge < -0.3 is 5.32 Å². The fourth-order valence-electron chi connectivity index (χ4n) is 2.17. The van der Waals surface area contributed by atoms with Crippen molar-refractivity contribution in [2.45, 2.75) is 31.7 Å². The second-order valence-electron chi connectivity index (χ2n) is 5.90. The average Bonchev–Trinajstić information content (AvgIpc) is 2.56. The second kappa shape index (κ2) is 7.63. The fraction of sp³-hybridized carbons (Fsp3) is 0.235. The Morgan fingerprint density at radius 3 is 2.31 bits per heavy atom. The normalized spacial score (nSPS) is 12.4. The van der Waals surface area contributed by atoms with Gasteiger partial charge in [0.05, 0.1) is 21.5 Å². The molecular weight excluding hydrogens is 358 g/mol. The maximum absolute atomic E-state index is 12.3. The minimum absolute atomic E-state index is 0.0503. The number of hydrogen-bond donors (Lipinski definition) is 2. The third kappa shape index (κ3) is 4.64. The Kier molecular flexibility index (Phi) is 5.73. The molecule has 0 aliphatic rings. The van der Waals surface area contributed by atoms with E-state index in [9.17, 15) is 23.3 Å². The molecule has 0 aromatic heterocycles. The Morgan fingerprint density at radius 1 is 1.12 bits per heavy atom. The molecule has 0 heterocycles. The van der Waals surface area contributed by atoms with Crippen LogP contribution in [0.15, 0.2) is 47.4 Å². The van der Waals surface area contributed by atoms with Gasteiger partial charge in [0.2, 0.25) is 15.9 Å². The standard InChI is InChI=1S/C17H19N3O5S/c1-11-4-8-15(9-5-11)26(24,25)19-13(3)17(21)18-16-10-14(20(22)23)7-6-12(16)2/h4-10,13,19H,1-3H3,(H,18,21). The molecule has 1 amide bonds. The van der Waals surface area contributed by atoms with Crippen molar-refractivity contribution in [1.82, 2.24) is 4.72 Å². The number of nitrogens with one attached hydrogen (secondary N) is 2. The fourth-order valence-corrected chi connectivity index (χ4v) is 3.37. The molecule has 0 aliphatic carbocycles. The zero-order valence-corrected chi connectivity index (χ0v) is 15.3. The van der Waals surface area contributed by atoms with E-state index in [1.165, 1.54) is 37.3 Å². The highest BCUT2D eigenvalue weighted by molar-refractivity contribution is 7.89. The first kappa shape index (κ1) is 19.5. The van der Waals surface area contributed by atoms with Crippen LogP contribution in [0.4, 0.5) is 11.4 Å². The maximum atomic E-state index is 12.3. The molecule has 0 fully saturated rings. The molecule has 2 rings (SSSR count). The number of carbonyl (C=O) groups excluding carboxylic acids is 1. The number of amides is 1. The number of carbonyl (C=O) groups is 1. The molecule has 9 heteroatoms. The number of anilines is 1. The van der Waals surface area contributed by atoms with E-state index in [0.717, 1.165) is 5.56 Å². The molecule has 0 aliphatic heterocycles. The van der Waals surface area contributed by atoms with Crippen molar-refractivity contribution in [3.05, 3.63) is 63.7 Å². The van der Waals surface area contributed by atoms with Crippen molar-refractivity contribution in [3.63, 3.8) is 0 Å². The van der Waals surface area contributed by atoms with Crippen LogP contribution in [0.2, 0.25) is 0 Å². The van der Waals surface area contributed by atoms with Crippen LogP contribution in [0.25, 0.3) is 0 Å². The lowest BCUT2D eigenvalue weighted by Crippen LogP contribution is -2.41. The highest BCUT2D eigenvalue weighted by Crippen LogP contribution is 2.22. The summed E-state index contributed by atoms with van der Waals surface area (Å²) in [5.41, 5.74) is 1.62. The predicted molar refractivity (Wildman–Crippen MR) is 97.4 cm³/mol. The van der Waals surface area contributed by atoms with Gasteiger partial charge in [-0.05, 0) is 38.5 Å². The molecule has 0 saturated carbocycles. The molecule has 0 bridgehead atoms. The summed E-state index contributed by atoms with van der Waals surface area (Å²) in [5, 5.41) is 13.4. The van der Waals surface area contributed by atoms with Gasteiger partial charge in [0.15, 0.2) is 0 Å². The number of hydrogen-bond acceptors (Lipinski definition) is 5. The van der Waals surface area contributed by atoms with E-state index in [-0.39, 0.29) is 16.3 Å². The number of sulfonamides is 1. The average molecular weight is 377 g/mol. The van der Waals surface area contributed by atoms with E-state index in [4.69, 9.17) is 0 Å². The van der Waals surface area contributed by atoms with Gasteiger partial charge in [-0.15, -0.1) is 0 Å². The molecule has 0 spiro atoms. The maximum Gasteiger partial charge on any atom is 0.271 e. The van der Waals surface area contributed by atoms with E-state index in [1.54, 1.807) is 19.1 Å². The van der Waals surface area contributed by atoms with Crippen LogP contribution in [-0.4, -0.2) is 25.3 Å². The quantitative estimate of drug-likeness (QED) is 0.592. The van der Waals surface area contributed by atoms with Crippen LogP contribution in [-0.2, 0) is 14.8 Å². The van der Waals surface area contributed by atoms with Gasteiger partial charge in [0, 0.05) is 12.1 Å². The minimum atomic E-state index is -3.86. The molecule has 8 nitrogen and oxygen atoms in total. The van der Waals surface area contributed by atoms with Crippen molar-refractivity contribution in [1.29, 1.82) is 0 Å². The van der Waals surface area contributed by atoms with Crippen molar-refractivity contribution < 1.29 is 18.1 Å².